The Morgan fingerprint density at radius 1 is 0.879 bits per heavy atom. The van der Waals surface area contributed by atoms with Crippen LogP contribution < -0.4 is 5.32 Å². The van der Waals surface area contributed by atoms with E-state index in [0.717, 1.165) is 16.7 Å². The van der Waals surface area contributed by atoms with E-state index in [1.807, 2.05) is 60.7 Å². The molecule has 0 saturated carbocycles. The normalized spacial score (nSPS) is 11.6. The summed E-state index contributed by atoms with van der Waals surface area (Å²) in [6.45, 7) is 0.345. The molecule has 0 radical (unpaired) electrons. The first-order chi connectivity index (χ1) is 16.0. The van der Waals surface area contributed by atoms with E-state index in [-0.39, 0.29) is 17.6 Å². The number of nitrogens with one attached hydrogen (secondary N) is 1. The van der Waals surface area contributed by atoms with E-state index in [0.29, 0.717) is 28.8 Å². The number of halogens is 2. The summed E-state index contributed by atoms with van der Waals surface area (Å²) in [6.07, 6.45) is 0.431. The molecule has 0 aromatic heterocycles. The summed E-state index contributed by atoms with van der Waals surface area (Å²) >= 11 is 14.0. The van der Waals surface area contributed by atoms with Crippen molar-refractivity contribution in [3.05, 3.63) is 106 Å². The summed E-state index contributed by atoms with van der Waals surface area (Å²) in [5, 5.41) is 3.89. The minimum atomic E-state index is -0.630. The van der Waals surface area contributed by atoms with Crippen LogP contribution in [0.3, 0.4) is 0 Å². The molecule has 1 atom stereocenters. The molecule has 4 nitrogen and oxygen atoms in total. The summed E-state index contributed by atoms with van der Waals surface area (Å²) in [7, 11) is 1.60. The Balaban J connectivity index is 1.80. The average molecular weight is 501 g/mol. The van der Waals surface area contributed by atoms with Crippen LogP contribution in [0.4, 0.5) is 0 Å². The second kappa shape index (κ2) is 12.7. The van der Waals surface area contributed by atoms with Gasteiger partial charge in [0.1, 0.15) is 6.04 Å². The molecule has 0 aliphatic heterocycles. The minimum absolute atomic E-state index is 0.114. The predicted octanol–water partition coefficient (Wildman–Crippen LogP) is 5.61. The molecule has 33 heavy (non-hydrogen) atoms. The van der Waals surface area contributed by atoms with Gasteiger partial charge in [0.15, 0.2) is 0 Å². The van der Waals surface area contributed by atoms with Crippen LogP contribution in [0.1, 0.15) is 16.7 Å². The maximum Gasteiger partial charge on any atom is 0.242 e. The maximum absolute atomic E-state index is 13.4. The van der Waals surface area contributed by atoms with E-state index in [1.54, 1.807) is 30.1 Å². The Hall–Kier alpha value is -2.47. The monoisotopic (exact) mass is 500 g/mol. The molecular weight excluding hydrogens is 475 g/mol. The number of amides is 2. The summed E-state index contributed by atoms with van der Waals surface area (Å²) in [5.41, 5.74) is 2.76. The molecule has 172 valence electrons. The van der Waals surface area contributed by atoms with E-state index < -0.39 is 6.04 Å². The first kappa shape index (κ1) is 25.2. The van der Waals surface area contributed by atoms with E-state index >= 15 is 0 Å². The highest BCUT2D eigenvalue weighted by atomic mass is 35.5. The topological polar surface area (TPSA) is 49.4 Å². The van der Waals surface area contributed by atoms with Gasteiger partial charge in [-0.1, -0.05) is 89.9 Å². The van der Waals surface area contributed by atoms with Crippen molar-refractivity contribution in [3.63, 3.8) is 0 Å². The lowest BCUT2D eigenvalue weighted by molar-refractivity contribution is -0.139. The molecule has 1 N–H and O–H groups in total. The first-order valence-electron chi connectivity index (χ1n) is 10.6. The molecule has 3 aromatic rings. The highest BCUT2D eigenvalue weighted by molar-refractivity contribution is 7.99. The van der Waals surface area contributed by atoms with Gasteiger partial charge in [0, 0.05) is 35.8 Å². The second-order valence-corrected chi connectivity index (χ2v) is 9.32. The molecule has 0 spiro atoms. The number of hydrogen-bond acceptors (Lipinski definition) is 3. The minimum Gasteiger partial charge on any atom is -0.357 e. The number of thioether (sulfide) groups is 1. The van der Waals surface area contributed by atoms with Crippen LogP contribution in [0.25, 0.3) is 0 Å². The lowest BCUT2D eigenvalue weighted by atomic mass is 10.0. The molecular formula is C26H26Cl2N2O2S. The lowest BCUT2D eigenvalue weighted by Gasteiger charge is -2.31. The van der Waals surface area contributed by atoms with Crippen molar-refractivity contribution in [2.24, 2.45) is 0 Å². The summed E-state index contributed by atoms with van der Waals surface area (Å²) in [5.74, 6) is 0.405. The van der Waals surface area contributed by atoms with Crippen molar-refractivity contribution >= 4 is 46.8 Å². The van der Waals surface area contributed by atoms with E-state index in [2.05, 4.69) is 5.32 Å². The molecule has 3 aromatic carbocycles. The molecule has 1 unspecified atom stereocenters. The second-order valence-electron chi connectivity index (χ2n) is 7.52. The zero-order valence-corrected chi connectivity index (χ0v) is 20.7. The summed E-state index contributed by atoms with van der Waals surface area (Å²) in [4.78, 5) is 28.0. The number of benzene rings is 3. The van der Waals surface area contributed by atoms with Gasteiger partial charge in [-0.2, -0.15) is 0 Å². The summed E-state index contributed by atoms with van der Waals surface area (Å²) < 4.78 is 0. The van der Waals surface area contributed by atoms with Gasteiger partial charge in [-0.05, 0) is 28.8 Å². The third kappa shape index (κ3) is 7.26. The zero-order valence-electron chi connectivity index (χ0n) is 18.3. The van der Waals surface area contributed by atoms with Crippen molar-refractivity contribution in [1.82, 2.24) is 10.2 Å². The quantitative estimate of drug-likeness (QED) is 0.393. The maximum atomic E-state index is 13.4. The Bertz CT molecular complexity index is 1040. The standard InChI is InChI=1S/C26H26Cl2N2O2S/c1-29-26(32)24(15-19-9-4-2-5-10-19)30(16-20-11-6-3-7-12-20)25(31)18-33-17-21-22(27)13-8-14-23(21)28/h2-14,24H,15-18H2,1H3,(H,29,32). The fourth-order valence-corrected chi connectivity index (χ4v) is 5.14. The van der Waals surface area contributed by atoms with Crippen LogP contribution in [0.5, 0.6) is 0 Å². The molecule has 2 amide bonds. The van der Waals surface area contributed by atoms with Gasteiger partial charge in [0.05, 0.1) is 5.75 Å². The highest BCUT2D eigenvalue weighted by Crippen LogP contribution is 2.28. The van der Waals surface area contributed by atoms with Crippen molar-refractivity contribution in [3.8, 4) is 0 Å². The van der Waals surface area contributed by atoms with Crippen molar-refractivity contribution in [2.75, 3.05) is 12.8 Å². The molecule has 0 bridgehead atoms. The smallest absolute Gasteiger partial charge is 0.242 e. The molecule has 3 rings (SSSR count). The number of carbonyl (C=O) groups excluding carboxylic acids is 2. The third-order valence-corrected chi connectivity index (χ3v) is 6.90. The Kier molecular flexibility index (Phi) is 9.67. The number of hydrogen-bond donors (Lipinski definition) is 1. The third-order valence-electron chi connectivity index (χ3n) is 5.25. The van der Waals surface area contributed by atoms with E-state index in [1.165, 1.54) is 11.8 Å². The molecule has 0 aliphatic carbocycles. The van der Waals surface area contributed by atoms with Gasteiger partial charge in [-0.3, -0.25) is 9.59 Å². The van der Waals surface area contributed by atoms with Crippen LogP contribution >= 0.6 is 35.0 Å². The fourth-order valence-electron chi connectivity index (χ4n) is 3.49. The largest absolute Gasteiger partial charge is 0.357 e. The van der Waals surface area contributed by atoms with Gasteiger partial charge < -0.3 is 10.2 Å². The molecule has 0 heterocycles. The molecule has 0 fully saturated rings. The van der Waals surface area contributed by atoms with Crippen LogP contribution in [-0.4, -0.2) is 35.6 Å². The Morgan fingerprint density at radius 3 is 2.03 bits per heavy atom. The van der Waals surface area contributed by atoms with Gasteiger partial charge in [-0.15, -0.1) is 11.8 Å². The predicted molar refractivity (Wildman–Crippen MR) is 138 cm³/mol. The highest BCUT2D eigenvalue weighted by Gasteiger charge is 2.29. The number of nitrogens with zero attached hydrogens (tertiary/aromatic N) is 1. The van der Waals surface area contributed by atoms with E-state index in [4.69, 9.17) is 23.2 Å². The van der Waals surface area contributed by atoms with Crippen LogP contribution in [0, 0.1) is 0 Å². The summed E-state index contributed by atoms with van der Waals surface area (Å²) in [6, 6.07) is 24.2. The molecule has 0 saturated heterocycles. The Labute approximate surface area is 209 Å². The number of likely N-dealkylation sites (N-methyl/N-ethyl adjacent to an activating group) is 1. The van der Waals surface area contributed by atoms with Gasteiger partial charge >= 0.3 is 0 Å². The lowest BCUT2D eigenvalue weighted by Crippen LogP contribution is -2.50. The van der Waals surface area contributed by atoms with Gasteiger partial charge in [-0.25, -0.2) is 0 Å². The fraction of sp³-hybridized carbons (Fsp3) is 0.231. The van der Waals surface area contributed by atoms with Gasteiger partial charge in [0.25, 0.3) is 0 Å². The van der Waals surface area contributed by atoms with Crippen molar-refractivity contribution in [1.29, 1.82) is 0 Å². The van der Waals surface area contributed by atoms with E-state index in [9.17, 15) is 9.59 Å². The van der Waals surface area contributed by atoms with Gasteiger partial charge in [0.2, 0.25) is 11.8 Å². The molecule has 7 heteroatoms. The number of carbonyl (C=O) groups is 2. The van der Waals surface area contributed by atoms with Crippen LogP contribution in [0.15, 0.2) is 78.9 Å². The van der Waals surface area contributed by atoms with Crippen molar-refractivity contribution in [2.45, 2.75) is 24.8 Å². The first-order valence-corrected chi connectivity index (χ1v) is 12.5. The van der Waals surface area contributed by atoms with Crippen LogP contribution in [-0.2, 0) is 28.3 Å². The Morgan fingerprint density at radius 2 is 1.45 bits per heavy atom. The van der Waals surface area contributed by atoms with Crippen molar-refractivity contribution < 1.29 is 9.59 Å². The SMILES string of the molecule is CNC(=O)C(Cc1ccccc1)N(Cc1ccccc1)C(=O)CSCc1c(Cl)cccc1Cl. The molecule has 0 aliphatic rings. The average Bonchev–Trinajstić information content (AvgIpc) is 2.84. The zero-order chi connectivity index (χ0) is 23.6. The van der Waals surface area contributed by atoms with Crippen LogP contribution in [0.2, 0.25) is 10.0 Å². The number of rotatable bonds is 10.